The minimum Gasteiger partial charge on any atom is -0.494 e. The fraction of sp³-hybridized carbons (Fsp3) is 0.600. The molecule has 1 aliphatic rings. The van der Waals surface area contributed by atoms with Crippen LogP contribution in [0.15, 0.2) is 24.3 Å². The van der Waals surface area contributed by atoms with Crippen molar-refractivity contribution >= 4 is 12.0 Å². The molecule has 0 aliphatic carbocycles. The van der Waals surface area contributed by atoms with E-state index in [0.29, 0.717) is 26.4 Å². The molecule has 1 fully saturated rings. The van der Waals surface area contributed by atoms with Gasteiger partial charge in [-0.25, -0.2) is 4.79 Å². The molecule has 0 bridgehead atoms. The van der Waals surface area contributed by atoms with Gasteiger partial charge in [-0.05, 0) is 44.4 Å². The highest BCUT2D eigenvalue weighted by Crippen LogP contribution is 2.35. The molecule has 0 radical (unpaired) electrons. The van der Waals surface area contributed by atoms with Crippen LogP contribution in [0.2, 0.25) is 0 Å². The van der Waals surface area contributed by atoms with E-state index >= 15 is 0 Å². The molecule has 0 aromatic heterocycles. The van der Waals surface area contributed by atoms with E-state index < -0.39 is 6.09 Å². The molecule has 2 rings (SSSR count). The lowest BCUT2D eigenvalue weighted by molar-refractivity contribution is -0.122. The highest BCUT2D eigenvalue weighted by molar-refractivity contribution is 5.82. The number of likely N-dealkylation sites (N-methyl/N-ethyl adjacent to an activating group) is 1. The molecule has 1 aromatic rings. The smallest absolute Gasteiger partial charge is 0.409 e. The molecule has 27 heavy (non-hydrogen) atoms. The quantitative estimate of drug-likeness (QED) is 0.751. The average molecular weight is 378 g/mol. The Labute approximate surface area is 161 Å². The summed E-state index contributed by atoms with van der Waals surface area (Å²) < 4.78 is 16.0. The predicted octanol–water partition coefficient (Wildman–Crippen LogP) is 2.34. The number of nitrogens with one attached hydrogen (secondary N) is 1. The van der Waals surface area contributed by atoms with Crippen LogP contribution in [0.3, 0.4) is 0 Å². The number of carbonyl (C=O) groups excluding carboxylic acids is 2. The Morgan fingerprint density at radius 2 is 1.81 bits per heavy atom. The number of hydrogen-bond acceptors (Lipinski definition) is 5. The van der Waals surface area contributed by atoms with Gasteiger partial charge in [-0.2, -0.15) is 0 Å². The maximum Gasteiger partial charge on any atom is 0.409 e. The summed E-state index contributed by atoms with van der Waals surface area (Å²) in [5.41, 5.74) is 0.981. The van der Waals surface area contributed by atoms with Gasteiger partial charge in [0, 0.05) is 32.2 Å². The van der Waals surface area contributed by atoms with Gasteiger partial charge in [-0.1, -0.05) is 12.1 Å². The van der Waals surface area contributed by atoms with E-state index in [1.807, 2.05) is 19.1 Å². The van der Waals surface area contributed by atoms with Crippen molar-refractivity contribution < 1.29 is 23.8 Å². The van der Waals surface area contributed by atoms with Gasteiger partial charge in [0.1, 0.15) is 12.3 Å². The predicted molar refractivity (Wildman–Crippen MR) is 102 cm³/mol. The van der Waals surface area contributed by atoms with Crippen molar-refractivity contribution in [3.63, 3.8) is 0 Å². The highest BCUT2D eigenvalue weighted by atomic mass is 16.6. The Balaban J connectivity index is 2.01. The Bertz CT molecular complexity index is 611. The van der Waals surface area contributed by atoms with E-state index in [-0.39, 0.29) is 24.5 Å². The van der Waals surface area contributed by atoms with E-state index in [1.54, 1.807) is 14.0 Å². The van der Waals surface area contributed by atoms with Crippen molar-refractivity contribution in [3.05, 3.63) is 29.8 Å². The largest absolute Gasteiger partial charge is 0.494 e. The third-order valence-electron chi connectivity index (χ3n) is 4.81. The normalized spacial score (nSPS) is 15.7. The Kier molecular flexibility index (Phi) is 7.91. The zero-order valence-corrected chi connectivity index (χ0v) is 16.5. The third-order valence-corrected chi connectivity index (χ3v) is 4.81. The second-order valence-electron chi connectivity index (χ2n) is 6.68. The van der Waals surface area contributed by atoms with Gasteiger partial charge in [-0.3, -0.25) is 4.79 Å². The number of benzene rings is 1. The summed E-state index contributed by atoms with van der Waals surface area (Å²) in [6.45, 7) is 6.38. The molecule has 150 valence electrons. The number of hydrogen-bond donors (Lipinski definition) is 1. The summed E-state index contributed by atoms with van der Waals surface area (Å²) in [7, 11) is 1.55. The molecule has 2 amide bonds. The van der Waals surface area contributed by atoms with Gasteiger partial charge >= 0.3 is 6.09 Å². The Morgan fingerprint density at radius 3 is 2.41 bits per heavy atom. The molecular weight excluding hydrogens is 348 g/mol. The van der Waals surface area contributed by atoms with Gasteiger partial charge in [0.05, 0.1) is 13.2 Å². The number of carbonyl (C=O) groups is 2. The number of rotatable bonds is 8. The van der Waals surface area contributed by atoms with Crippen LogP contribution in [0.5, 0.6) is 5.75 Å². The van der Waals surface area contributed by atoms with Crippen LogP contribution in [0.1, 0.15) is 32.3 Å². The van der Waals surface area contributed by atoms with Gasteiger partial charge in [0.2, 0.25) is 5.91 Å². The lowest BCUT2D eigenvalue weighted by Crippen LogP contribution is -2.47. The molecule has 0 atom stereocenters. The monoisotopic (exact) mass is 378 g/mol. The molecule has 1 saturated heterocycles. The number of nitrogens with zero attached hydrogens (tertiary/aromatic N) is 1. The van der Waals surface area contributed by atoms with Crippen molar-refractivity contribution in [2.45, 2.75) is 32.1 Å². The standard InChI is InChI=1S/C20H30N2O5/c1-4-26-17-8-6-16(7-9-17)20(10-12-25-13-11-20)15-21-18(23)14-22(3)19(24)27-5-2/h6-9H,4-5,10-15H2,1-3H3,(H,21,23). The molecule has 1 aliphatic heterocycles. The summed E-state index contributed by atoms with van der Waals surface area (Å²) >= 11 is 0. The van der Waals surface area contributed by atoms with Crippen LogP contribution in [-0.4, -0.2) is 63.5 Å². The Morgan fingerprint density at radius 1 is 1.15 bits per heavy atom. The SMILES string of the molecule is CCOC(=O)N(C)CC(=O)NCC1(c2ccc(OCC)cc2)CCOCC1. The van der Waals surface area contributed by atoms with Crippen LogP contribution in [0.25, 0.3) is 0 Å². The minimum atomic E-state index is -0.500. The highest BCUT2D eigenvalue weighted by Gasteiger charge is 2.35. The van der Waals surface area contributed by atoms with Crippen molar-refractivity contribution in [2.24, 2.45) is 0 Å². The fourth-order valence-electron chi connectivity index (χ4n) is 3.24. The van der Waals surface area contributed by atoms with Gasteiger partial charge < -0.3 is 24.4 Å². The first-order valence-electron chi connectivity index (χ1n) is 9.46. The second-order valence-corrected chi connectivity index (χ2v) is 6.68. The molecule has 1 N–H and O–H groups in total. The van der Waals surface area contributed by atoms with Crippen LogP contribution >= 0.6 is 0 Å². The summed E-state index contributed by atoms with van der Waals surface area (Å²) in [6.07, 6.45) is 1.16. The van der Waals surface area contributed by atoms with Crippen LogP contribution in [0.4, 0.5) is 4.79 Å². The van der Waals surface area contributed by atoms with Gasteiger partial charge in [0.25, 0.3) is 0 Å². The molecule has 1 heterocycles. The summed E-state index contributed by atoms with van der Waals surface area (Å²) in [4.78, 5) is 25.2. The van der Waals surface area contributed by atoms with Crippen LogP contribution in [0, 0.1) is 0 Å². The fourth-order valence-corrected chi connectivity index (χ4v) is 3.24. The number of amides is 2. The third kappa shape index (κ3) is 5.85. The maximum absolute atomic E-state index is 12.3. The van der Waals surface area contributed by atoms with E-state index in [0.717, 1.165) is 24.2 Å². The first kappa shape index (κ1) is 21.0. The topological polar surface area (TPSA) is 77.1 Å². The van der Waals surface area contributed by atoms with Gasteiger partial charge in [-0.15, -0.1) is 0 Å². The molecule has 0 spiro atoms. The van der Waals surface area contributed by atoms with E-state index in [9.17, 15) is 9.59 Å². The summed E-state index contributed by atoms with van der Waals surface area (Å²) in [6, 6.07) is 8.05. The Hall–Kier alpha value is -2.28. The van der Waals surface area contributed by atoms with Crippen molar-refractivity contribution in [3.8, 4) is 5.75 Å². The summed E-state index contributed by atoms with van der Waals surface area (Å²) in [5.74, 6) is 0.630. The molecular formula is C20H30N2O5. The van der Waals surface area contributed by atoms with Crippen molar-refractivity contribution in [1.82, 2.24) is 10.2 Å². The van der Waals surface area contributed by atoms with Gasteiger partial charge in [0.15, 0.2) is 0 Å². The van der Waals surface area contributed by atoms with Crippen LogP contribution in [-0.2, 0) is 19.7 Å². The number of ether oxygens (including phenoxy) is 3. The lowest BCUT2D eigenvalue weighted by Gasteiger charge is -2.38. The zero-order valence-electron chi connectivity index (χ0n) is 16.5. The second kappa shape index (κ2) is 10.2. The van der Waals surface area contributed by atoms with E-state index in [4.69, 9.17) is 14.2 Å². The molecule has 0 saturated carbocycles. The molecule has 7 nitrogen and oxygen atoms in total. The zero-order chi connectivity index (χ0) is 19.7. The van der Waals surface area contributed by atoms with E-state index in [2.05, 4.69) is 17.4 Å². The van der Waals surface area contributed by atoms with Crippen molar-refractivity contribution in [2.75, 3.05) is 46.6 Å². The first-order valence-corrected chi connectivity index (χ1v) is 9.46. The first-order chi connectivity index (χ1) is 13.0. The molecule has 1 aromatic carbocycles. The molecule has 7 heteroatoms. The summed E-state index contributed by atoms with van der Waals surface area (Å²) in [5, 5.41) is 2.98. The molecule has 0 unspecified atom stereocenters. The van der Waals surface area contributed by atoms with Crippen molar-refractivity contribution in [1.29, 1.82) is 0 Å². The average Bonchev–Trinajstić information content (AvgIpc) is 2.68. The lowest BCUT2D eigenvalue weighted by atomic mass is 9.74. The maximum atomic E-state index is 12.3. The minimum absolute atomic E-state index is 0.0330. The van der Waals surface area contributed by atoms with E-state index in [1.165, 1.54) is 4.90 Å². The van der Waals surface area contributed by atoms with Crippen LogP contribution < -0.4 is 10.1 Å².